The standard InChI is InChI=1S/C16H14BrN3OS2/c1-2-20(14-4-3-12(17)8-18-14)15(21)7-13-10-23-16(19-13)11-5-6-22-9-11/h3-6,8-10H,2,7H2,1H3. The third-order valence-corrected chi connectivity index (χ3v) is 5.35. The van der Waals surface area contributed by atoms with Gasteiger partial charge in [0.15, 0.2) is 0 Å². The van der Waals surface area contributed by atoms with E-state index in [1.54, 1.807) is 33.8 Å². The lowest BCUT2D eigenvalue weighted by atomic mass is 10.3. The van der Waals surface area contributed by atoms with Crippen molar-refractivity contribution < 1.29 is 4.79 Å². The van der Waals surface area contributed by atoms with Gasteiger partial charge in [-0.15, -0.1) is 11.3 Å². The fraction of sp³-hybridized carbons (Fsp3) is 0.188. The highest BCUT2D eigenvalue weighted by molar-refractivity contribution is 9.10. The summed E-state index contributed by atoms with van der Waals surface area (Å²) in [6, 6.07) is 5.76. The first-order valence-corrected chi connectivity index (χ1v) is 9.68. The number of thiophene rings is 1. The summed E-state index contributed by atoms with van der Waals surface area (Å²) in [6.07, 6.45) is 1.98. The van der Waals surface area contributed by atoms with Gasteiger partial charge in [0.1, 0.15) is 10.8 Å². The number of thiazole rings is 1. The molecular weight excluding hydrogens is 394 g/mol. The van der Waals surface area contributed by atoms with Crippen LogP contribution in [-0.4, -0.2) is 22.4 Å². The third kappa shape index (κ3) is 3.85. The lowest BCUT2D eigenvalue weighted by Gasteiger charge is -2.19. The molecule has 0 bridgehead atoms. The zero-order valence-corrected chi connectivity index (χ0v) is 15.6. The molecule has 0 saturated heterocycles. The topological polar surface area (TPSA) is 46.1 Å². The SMILES string of the molecule is CCN(C(=O)Cc1csc(-c2ccsc2)n1)c1ccc(Br)cn1. The lowest BCUT2D eigenvalue weighted by Crippen LogP contribution is -2.32. The second kappa shape index (κ2) is 7.33. The van der Waals surface area contributed by atoms with Crippen LogP contribution < -0.4 is 4.90 Å². The molecule has 0 fully saturated rings. The van der Waals surface area contributed by atoms with Crippen molar-refractivity contribution >= 4 is 50.3 Å². The molecular formula is C16H14BrN3OS2. The largest absolute Gasteiger partial charge is 0.297 e. The summed E-state index contributed by atoms with van der Waals surface area (Å²) < 4.78 is 0.893. The van der Waals surface area contributed by atoms with Crippen LogP contribution >= 0.6 is 38.6 Å². The maximum absolute atomic E-state index is 12.6. The zero-order valence-electron chi connectivity index (χ0n) is 12.4. The number of pyridine rings is 1. The number of nitrogens with zero attached hydrogens (tertiary/aromatic N) is 3. The van der Waals surface area contributed by atoms with Gasteiger partial charge in [-0.25, -0.2) is 9.97 Å². The predicted octanol–water partition coefficient (Wildman–Crippen LogP) is 4.62. The van der Waals surface area contributed by atoms with Gasteiger partial charge >= 0.3 is 0 Å². The molecule has 23 heavy (non-hydrogen) atoms. The van der Waals surface area contributed by atoms with Crippen LogP contribution in [-0.2, 0) is 11.2 Å². The van der Waals surface area contributed by atoms with Crippen molar-refractivity contribution in [2.75, 3.05) is 11.4 Å². The number of hydrogen-bond acceptors (Lipinski definition) is 5. The van der Waals surface area contributed by atoms with E-state index in [0.717, 1.165) is 20.7 Å². The van der Waals surface area contributed by atoms with E-state index in [2.05, 4.69) is 31.3 Å². The van der Waals surface area contributed by atoms with E-state index < -0.39 is 0 Å². The molecule has 0 aliphatic heterocycles. The summed E-state index contributed by atoms with van der Waals surface area (Å²) >= 11 is 6.57. The highest BCUT2D eigenvalue weighted by Gasteiger charge is 2.17. The smallest absolute Gasteiger partial charge is 0.234 e. The second-order valence-electron chi connectivity index (χ2n) is 4.81. The minimum atomic E-state index is 0.00416. The molecule has 1 amide bonds. The van der Waals surface area contributed by atoms with E-state index in [1.807, 2.05) is 35.9 Å². The second-order valence-corrected chi connectivity index (χ2v) is 7.36. The van der Waals surface area contributed by atoms with Gasteiger partial charge in [0.2, 0.25) is 5.91 Å². The Morgan fingerprint density at radius 3 is 2.83 bits per heavy atom. The Morgan fingerprint density at radius 2 is 2.17 bits per heavy atom. The van der Waals surface area contributed by atoms with Gasteiger partial charge in [0.25, 0.3) is 0 Å². The molecule has 3 aromatic heterocycles. The van der Waals surface area contributed by atoms with Gasteiger partial charge in [-0.1, -0.05) is 0 Å². The summed E-state index contributed by atoms with van der Waals surface area (Å²) in [7, 11) is 0. The first-order chi connectivity index (χ1) is 11.2. The molecule has 0 aliphatic rings. The maximum Gasteiger partial charge on any atom is 0.234 e. The number of carbonyl (C=O) groups is 1. The van der Waals surface area contributed by atoms with E-state index in [1.165, 1.54) is 0 Å². The van der Waals surface area contributed by atoms with Gasteiger partial charge < -0.3 is 0 Å². The van der Waals surface area contributed by atoms with Crippen LogP contribution in [0.1, 0.15) is 12.6 Å². The summed E-state index contributed by atoms with van der Waals surface area (Å²) in [5.41, 5.74) is 1.91. The van der Waals surface area contributed by atoms with Gasteiger partial charge in [0, 0.05) is 33.5 Å². The summed E-state index contributed by atoms with van der Waals surface area (Å²) in [5, 5.41) is 7.00. The average molecular weight is 408 g/mol. The van der Waals surface area contributed by atoms with Crippen LogP contribution in [0.4, 0.5) is 5.82 Å². The van der Waals surface area contributed by atoms with Gasteiger partial charge in [-0.05, 0) is 46.4 Å². The Kier molecular flexibility index (Phi) is 5.20. The highest BCUT2D eigenvalue weighted by atomic mass is 79.9. The molecule has 0 atom stereocenters. The molecule has 0 unspecified atom stereocenters. The molecule has 0 radical (unpaired) electrons. The molecule has 0 N–H and O–H groups in total. The summed E-state index contributed by atoms with van der Waals surface area (Å²) in [5.74, 6) is 0.665. The van der Waals surface area contributed by atoms with Crippen molar-refractivity contribution in [3.8, 4) is 10.6 Å². The molecule has 0 spiro atoms. The van der Waals surface area contributed by atoms with Gasteiger partial charge in [0.05, 0.1) is 12.1 Å². The van der Waals surface area contributed by atoms with Crippen molar-refractivity contribution in [2.45, 2.75) is 13.3 Å². The average Bonchev–Trinajstić information content (AvgIpc) is 3.21. The van der Waals surface area contributed by atoms with Gasteiger partial charge in [-0.3, -0.25) is 9.69 Å². The van der Waals surface area contributed by atoms with Crippen LogP contribution in [0.25, 0.3) is 10.6 Å². The molecule has 4 nitrogen and oxygen atoms in total. The highest BCUT2D eigenvalue weighted by Crippen LogP contribution is 2.26. The van der Waals surface area contributed by atoms with E-state index in [4.69, 9.17) is 0 Å². The van der Waals surface area contributed by atoms with Crippen molar-refractivity contribution in [3.05, 3.63) is 50.7 Å². The number of halogens is 1. The van der Waals surface area contributed by atoms with Crippen molar-refractivity contribution in [1.82, 2.24) is 9.97 Å². The van der Waals surface area contributed by atoms with E-state index >= 15 is 0 Å². The number of aromatic nitrogens is 2. The molecule has 0 aromatic carbocycles. The van der Waals surface area contributed by atoms with Crippen molar-refractivity contribution in [3.63, 3.8) is 0 Å². The van der Waals surface area contributed by atoms with E-state index in [-0.39, 0.29) is 12.3 Å². The zero-order chi connectivity index (χ0) is 16.2. The molecule has 3 rings (SSSR count). The van der Waals surface area contributed by atoms with Crippen LogP contribution in [0.3, 0.4) is 0 Å². The Morgan fingerprint density at radius 1 is 1.30 bits per heavy atom. The van der Waals surface area contributed by atoms with E-state index in [0.29, 0.717) is 12.4 Å². The number of anilines is 1. The first kappa shape index (κ1) is 16.3. The maximum atomic E-state index is 12.6. The lowest BCUT2D eigenvalue weighted by molar-refractivity contribution is -0.118. The summed E-state index contributed by atoms with van der Waals surface area (Å²) in [6.45, 7) is 2.52. The minimum Gasteiger partial charge on any atom is -0.297 e. The molecule has 0 saturated carbocycles. The Balaban J connectivity index is 1.73. The molecule has 7 heteroatoms. The molecule has 118 valence electrons. The number of carbonyl (C=O) groups excluding carboxylic acids is 1. The Labute approximate surface area is 151 Å². The number of amides is 1. The van der Waals surface area contributed by atoms with E-state index in [9.17, 15) is 4.79 Å². The number of rotatable bonds is 5. The first-order valence-electron chi connectivity index (χ1n) is 7.06. The molecule has 3 heterocycles. The van der Waals surface area contributed by atoms with Crippen LogP contribution in [0.5, 0.6) is 0 Å². The number of likely N-dealkylation sites (N-methyl/N-ethyl adjacent to an activating group) is 1. The Hall–Kier alpha value is -1.57. The Bertz CT molecular complexity index is 784. The van der Waals surface area contributed by atoms with Crippen LogP contribution in [0.15, 0.2) is 45.0 Å². The normalized spacial score (nSPS) is 10.7. The number of hydrogen-bond donors (Lipinski definition) is 0. The van der Waals surface area contributed by atoms with Crippen LogP contribution in [0, 0.1) is 0 Å². The quantitative estimate of drug-likeness (QED) is 0.619. The van der Waals surface area contributed by atoms with Crippen molar-refractivity contribution in [2.24, 2.45) is 0 Å². The molecule has 3 aromatic rings. The fourth-order valence-electron chi connectivity index (χ4n) is 2.15. The summed E-state index contributed by atoms with van der Waals surface area (Å²) in [4.78, 5) is 23.1. The monoisotopic (exact) mass is 407 g/mol. The van der Waals surface area contributed by atoms with Crippen LogP contribution in [0.2, 0.25) is 0 Å². The predicted molar refractivity (Wildman–Crippen MR) is 99.1 cm³/mol. The molecule has 0 aliphatic carbocycles. The van der Waals surface area contributed by atoms with Crippen molar-refractivity contribution in [1.29, 1.82) is 0 Å². The van der Waals surface area contributed by atoms with Gasteiger partial charge in [-0.2, -0.15) is 11.3 Å². The minimum absolute atomic E-state index is 0.00416. The fourth-order valence-corrected chi connectivity index (χ4v) is 3.92. The third-order valence-electron chi connectivity index (χ3n) is 3.26.